The summed E-state index contributed by atoms with van der Waals surface area (Å²) in [5.41, 5.74) is 0.861. The van der Waals surface area contributed by atoms with Crippen LogP contribution in [0, 0.1) is 11.8 Å². The Balaban J connectivity index is 1.80. The van der Waals surface area contributed by atoms with Gasteiger partial charge in [-0.1, -0.05) is 31.0 Å². The van der Waals surface area contributed by atoms with E-state index in [9.17, 15) is 14.4 Å². The molecule has 0 aromatic heterocycles. The lowest BCUT2D eigenvalue weighted by atomic mass is 9.81. The van der Waals surface area contributed by atoms with Crippen LogP contribution in [0.1, 0.15) is 50.6 Å². The Kier molecular flexibility index (Phi) is 7.22. The number of benzene rings is 1. The minimum atomic E-state index is -0.759. The Labute approximate surface area is 176 Å². The highest BCUT2D eigenvalue weighted by Gasteiger charge is 2.51. The smallest absolute Gasteiger partial charge is 0.243 e. The number of methoxy groups -OCH3 is 1. The molecular weight excluding hydrogens is 388 g/mol. The van der Waals surface area contributed by atoms with Crippen LogP contribution in [0.5, 0.6) is 5.75 Å². The van der Waals surface area contributed by atoms with Crippen LogP contribution in [0.4, 0.5) is 0 Å². The minimum Gasteiger partial charge on any atom is -0.496 e. The number of amides is 3. The van der Waals surface area contributed by atoms with Gasteiger partial charge in [-0.05, 0) is 44.3 Å². The van der Waals surface area contributed by atoms with Crippen LogP contribution in [-0.2, 0) is 14.4 Å². The Morgan fingerprint density at radius 2 is 1.83 bits per heavy atom. The van der Waals surface area contributed by atoms with Gasteiger partial charge in [-0.25, -0.2) is 0 Å². The molecule has 1 saturated heterocycles. The van der Waals surface area contributed by atoms with Crippen LogP contribution in [-0.4, -0.2) is 47.8 Å². The first-order valence-corrected chi connectivity index (χ1v) is 11.7. The Morgan fingerprint density at radius 1 is 1.21 bits per heavy atom. The molecule has 2 aliphatic rings. The van der Waals surface area contributed by atoms with Crippen molar-refractivity contribution in [1.82, 2.24) is 10.2 Å². The van der Waals surface area contributed by atoms with Gasteiger partial charge in [-0.3, -0.25) is 19.3 Å². The van der Waals surface area contributed by atoms with E-state index in [1.54, 1.807) is 18.9 Å². The number of imide groups is 1. The predicted octanol–water partition coefficient (Wildman–Crippen LogP) is 3.17. The second-order valence-electron chi connectivity index (χ2n) is 7.81. The Hall–Kier alpha value is -2.02. The maximum atomic E-state index is 13.2. The third-order valence-corrected chi connectivity index (χ3v) is 6.69. The number of fused-ring (bicyclic) bond motifs is 1. The number of carbonyl (C=O) groups is 3. The third kappa shape index (κ3) is 4.44. The van der Waals surface area contributed by atoms with E-state index < -0.39 is 6.04 Å². The lowest BCUT2D eigenvalue weighted by Gasteiger charge is -2.27. The molecule has 4 atom stereocenters. The van der Waals surface area contributed by atoms with Crippen LogP contribution in [0.25, 0.3) is 0 Å². The van der Waals surface area contributed by atoms with Crippen LogP contribution < -0.4 is 10.1 Å². The van der Waals surface area contributed by atoms with E-state index in [0.717, 1.165) is 31.2 Å². The van der Waals surface area contributed by atoms with Gasteiger partial charge in [-0.2, -0.15) is 11.8 Å². The van der Waals surface area contributed by atoms with E-state index in [1.807, 2.05) is 37.4 Å². The second-order valence-corrected chi connectivity index (χ2v) is 8.80. The SMILES string of the molecule is COc1ccccc1[C@H](C)NC(=O)[C@H](CCSC)N1C(=O)[C@@H]2CCCC[C@H]2C1=O. The molecule has 1 N–H and O–H groups in total. The summed E-state index contributed by atoms with van der Waals surface area (Å²) in [7, 11) is 1.60. The summed E-state index contributed by atoms with van der Waals surface area (Å²) in [6.07, 6.45) is 5.86. The molecule has 1 heterocycles. The van der Waals surface area contributed by atoms with Crippen LogP contribution >= 0.6 is 11.8 Å². The van der Waals surface area contributed by atoms with E-state index in [-0.39, 0.29) is 35.6 Å². The summed E-state index contributed by atoms with van der Waals surface area (Å²) in [6, 6.07) is 6.46. The monoisotopic (exact) mass is 418 g/mol. The molecule has 3 rings (SSSR count). The van der Waals surface area contributed by atoms with Crippen molar-refractivity contribution in [3.05, 3.63) is 29.8 Å². The van der Waals surface area contributed by atoms with Gasteiger partial charge in [0.05, 0.1) is 25.0 Å². The zero-order valence-corrected chi connectivity index (χ0v) is 18.2. The van der Waals surface area contributed by atoms with Crippen molar-refractivity contribution in [3.8, 4) is 5.75 Å². The molecule has 1 aromatic rings. The lowest BCUT2D eigenvalue weighted by Crippen LogP contribution is -2.50. The largest absolute Gasteiger partial charge is 0.496 e. The van der Waals surface area contributed by atoms with Gasteiger partial charge in [0, 0.05) is 5.56 Å². The maximum Gasteiger partial charge on any atom is 0.243 e. The maximum absolute atomic E-state index is 13.2. The quantitative estimate of drug-likeness (QED) is 0.657. The highest BCUT2D eigenvalue weighted by atomic mass is 32.2. The number of ether oxygens (including phenoxy) is 1. The van der Waals surface area contributed by atoms with Gasteiger partial charge in [0.2, 0.25) is 17.7 Å². The molecule has 158 valence electrons. The van der Waals surface area contributed by atoms with Crippen LogP contribution in [0.3, 0.4) is 0 Å². The number of thioether (sulfide) groups is 1. The van der Waals surface area contributed by atoms with Crippen molar-refractivity contribution in [2.45, 2.75) is 51.1 Å². The summed E-state index contributed by atoms with van der Waals surface area (Å²) in [5.74, 6) is 0.308. The number of carbonyl (C=O) groups excluding carboxylic acids is 3. The van der Waals surface area contributed by atoms with E-state index in [0.29, 0.717) is 17.9 Å². The molecule has 29 heavy (non-hydrogen) atoms. The number of likely N-dealkylation sites (tertiary alicyclic amines) is 1. The molecule has 1 aromatic carbocycles. The van der Waals surface area contributed by atoms with Crippen molar-refractivity contribution in [3.63, 3.8) is 0 Å². The van der Waals surface area contributed by atoms with Crippen LogP contribution in [0.15, 0.2) is 24.3 Å². The number of rotatable bonds is 8. The van der Waals surface area contributed by atoms with Crippen molar-refractivity contribution in [2.24, 2.45) is 11.8 Å². The normalized spacial score (nSPS) is 23.5. The van der Waals surface area contributed by atoms with Crippen molar-refractivity contribution in [2.75, 3.05) is 19.1 Å². The van der Waals surface area contributed by atoms with Gasteiger partial charge in [0.15, 0.2) is 0 Å². The molecule has 0 bridgehead atoms. The summed E-state index contributed by atoms with van der Waals surface area (Å²) < 4.78 is 5.40. The topological polar surface area (TPSA) is 75.7 Å². The third-order valence-electron chi connectivity index (χ3n) is 6.05. The standard InChI is InChI=1S/C22H30N2O4S/c1-14(15-8-6-7-11-19(15)28-2)23-20(25)18(12-13-29-3)24-21(26)16-9-4-5-10-17(16)22(24)27/h6-8,11,14,16-18H,4-5,9-10,12-13H2,1-3H3,(H,23,25)/t14-,16+,17+,18-/m0/s1. The van der Waals surface area contributed by atoms with E-state index in [4.69, 9.17) is 4.74 Å². The molecule has 1 saturated carbocycles. The van der Waals surface area contributed by atoms with Crippen molar-refractivity contribution >= 4 is 29.5 Å². The molecule has 0 spiro atoms. The first-order chi connectivity index (χ1) is 14.0. The fourth-order valence-corrected chi connectivity index (χ4v) is 4.97. The molecule has 1 aliphatic heterocycles. The Bertz CT molecular complexity index is 745. The molecular formula is C22H30N2O4S. The second kappa shape index (κ2) is 9.65. The van der Waals surface area contributed by atoms with E-state index in [1.165, 1.54) is 4.90 Å². The first kappa shape index (κ1) is 21.7. The number of nitrogens with one attached hydrogen (secondary N) is 1. The van der Waals surface area contributed by atoms with E-state index in [2.05, 4.69) is 5.32 Å². The van der Waals surface area contributed by atoms with E-state index >= 15 is 0 Å². The average molecular weight is 419 g/mol. The highest BCUT2D eigenvalue weighted by Crippen LogP contribution is 2.39. The molecule has 2 fully saturated rings. The number of hydrogen-bond acceptors (Lipinski definition) is 5. The Morgan fingerprint density at radius 3 is 2.41 bits per heavy atom. The van der Waals surface area contributed by atoms with Gasteiger partial charge < -0.3 is 10.1 Å². The zero-order valence-electron chi connectivity index (χ0n) is 17.3. The average Bonchev–Trinajstić information content (AvgIpc) is 2.99. The van der Waals surface area contributed by atoms with Gasteiger partial charge in [0.1, 0.15) is 11.8 Å². The number of para-hydroxylation sites is 1. The fourth-order valence-electron chi connectivity index (χ4n) is 4.51. The van der Waals surface area contributed by atoms with Crippen LogP contribution in [0.2, 0.25) is 0 Å². The lowest BCUT2D eigenvalue weighted by molar-refractivity contribution is -0.148. The molecule has 0 unspecified atom stereocenters. The number of nitrogens with zero attached hydrogens (tertiary/aromatic N) is 1. The summed E-state index contributed by atoms with van der Waals surface area (Å²) >= 11 is 1.61. The minimum absolute atomic E-state index is 0.161. The van der Waals surface area contributed by atoms with Gasteiger partial charge in [-0.15, -0.1) is 0 Å². The molecule has 0 radical (unpaired) electrons. The zero-order chi connectivity index (χ0) is 21.0. The number of hydrogen-bond donors (Lipinski definition) is 1. The fraction of sp³-hybridized carbons (Fsp3) is 0.591. The molecule has 3 amide bonds. The summed E-state index contributed by atoms with van der Waals surface area (Å²) in [4.78, 5) is 40.5. The molecule has 1 aliphatic carbocycles. The van der Waals surface area contributed by atoms with Gasteiger partial charge in [0.25, 0.3) is 0 Å². The van der Waals surface area contributed by atoms with Crippen molar-refractivity contribution in [1.29, 1.82) is 0 Å². The summed E-state index contributed by atoms with van der Waals surface area (Å²) in [6.45, 7) is 1.88. The first-order valence-electron chi connectivity index (χ1n) is 10.3. The molecule has 7 heteroatoms. The summed E-state index contributed by atoms with van der Waals surface area (Å²) in [5, 5.41) is 3.00. The molecule has 6 nitrogen and oxygen atoms in total. The van der Waals surface area contributed by atoms with Crippen molar-refractivity contribution < 1.29 is 19.1 Å². The predicted molar refractivity (Wildman–Crippen MR) is 114 cm³/mol. The highest BCUT2D eigenvalue weighted by molar-refractivity contribution is 7.98. The van der Waals surface area contributed by atoms with Gasteiger partial charge >= 0.3 is 0 Å².